The highest BCUT2D eigenvalue weighted by atomic mass is 32.2. The lowest BCUT2D eigenvalue weighted by Gasteiger charge is -2.18. The number of nitrogens with zero attached hydrogens (tertiary/aromatic N) is 2. The first-order valence-corrected chi connectivity index (χ1v) is 13.1. The standard InChI is InChI=1S/C23H26FN6O4PS/c1-12-3-6-18(17(24)9-12)27-22-16(20(25)31)11-14(23(32)30(22)2)10-13-7-8-26-21(19(13)35)29-36(33,34)28-15-4-5-15/h3,6-9,11,15,27-28H,4-5,10,35H2,1-2H3,(H2,25,31)(H,26,29). The van der Waals surface area contributed by atoms with Gasteiger partial charge in [0, 0.05) is 36.6 Å². The van der Waals surface area contributed by atoms with Crippen LogP contribution in [-0.2, 0) is 23.7 Å². The third-order valence-electron chi connectivity index (χ3n) is 5.72. The van der Waals surface area contributed by atoms with Crippen molar-refractivity contribution >= 4 is 48.0 Å². The molecule has 1 unspecified atom stereocenters. The number of rotatable bonds is 9. The lowest BCUT2D eigenvalue weighted by molar-refractivity contribution is 0.100. The van der Waals surface area contributed by atoms with E-state index in [2.05, 4.69) is 29.0 Å². The van der Waals surface area contributed by atoms with E-state index in [1.165, 1.54) is 36.0 Å². The fourth-order valence-corrected chi connectivity index (χ4v) is 5.25. The molecule has 2 aromatic heterocycles. The summed E-state index contributed by atoms with van der Waals surface area (Å²) in [5.74, 6) is -1.19. The Morgan fingerprint density at radius 2 is 1.97 bits per heavy atom. The summed E-state index contributed by atoms with van der Waals surface area (Å²) >= 11 is 0. The van der Waals surface area contributed by atoms with Crippen LogP contribution >= 0.6 is 9.24 Å². The van der Waals surface area contributed by atoms with Gasteiger partial charge in [-0.2, -0.15) is 13.1 Å². The fraction of sp³-hybridized carbons (Fsp3) is 0.261. The third-order valence-corrected chi connectivity index (χ3v) is 7.47. The van der Waals surface area contributed by atoms with Crippen molar-refractivity contribution in [2.24, 2.45) is 12.8 Å². The monoisotopic (exact) mass is 532 g/mol. The minimum atomic E-state index is -3.80. The van der Waals surface area contributed by atoms with E-state index in [9.17, 15) is 22.4 Å². The number of hydrogen-bond acceptors (Lipinski definition) is 6. The van der Waals surface area contributed by atoms with E-state index in [1.807, 2.05) is 0 Å². The Bertz CT molecular complexity index is 1520. The number of aryl methyl sites for hydroxylation is 1. The van der Waals surface area contributed by atoms with E-state index in [4.69, 9.17) is 5.73 Å². The highest BCUT2D eigenvalue weighted by Gasteiger charge is 2.27. The van der Waals surface area contributed by atoms with Crippen molar-refractivity contribution in [2.75, 3.05) is 10.0 Å². The Morgan fingerprint density at radius 1 is 1.25 bits per heavy atom. The van der Waals surface area contributed by atoms with E-state index in [1.54, 1.807) is 19.1 Å². The highest BCUT2D eigenvalue weighted by Crippen LogP contribution is 2.24. The molecule has 0 bridgehead atoms. The van der Waals surface area contributed by atoms with Gasteiger partial charge in [0.15, 0.2) is 0 Å². The maximum atomic E-state index is 14.4. The summed E-state index contributed by atoms with van der Waals surface area (Å²) < 4.78 is 45.2. The number of hydrogen-bond donors (Lipinski definition) is 4. The molecule has 2 heterocycles. The van der Waals surface area contributed by atoms with Crippen LogP contribution in [0.4, 0.5) is 21.7 Å². The van der Waals surface area contributed by atoms with E-state index in [-0.39, 0.29) is 40.9 Å². The van der Waals surface area contributed by atoms with Crippen LogP contribution in [0.25, 0.3) is 0 Å². The van der Waals surface area contributed by atoms with Gasteiger partial charge in [0.25, 0.3) is 11.5 Å². The number of primary amides is 1. The van der Waals surface area contributed by atoms with Crippen molar-refractivity contribution < 1.29 is 17.6 Å². The smallest absolute Gasteiger partial charge is 0.300 e. The first-order chi connectivity index (χ1) is 16.9. The maximum Gasteiger partial charge on any atom is 0.300 e. The van der Waals surface area contributed by atoms with Crippen LogP contribution in [0.3, 0.4) is 0 Å². The van der Waals surface area contributed by atoms with Gasteiger partial charge in [0.05, 0.1) is 11.3 Å². The molecule has 1 aliphatic carbocycles. The molecule has 190 valence electrons. The predicted octanol–water partition coefficient (Wildman–Crippen LogP) is 1.57. The molecule has 13 heteroatoms. The van der Waals surface area contributed by atoms with Gasteiger partial charge in [-0.25, -0.2) is 9.37 Å². The number of pyridine rings is 2. The van der Waals surface area contributed by atoms with Crippen LogP contribution in [0, 0.1) is 12.7 Å². The van der Waals surface area contributed by atoms with Crippen LogP contribution in [0.15, 0.2) is 41.3 Å². The number of aromatic nitrogens is 2. The average molecular weight is 533 g/mol. The van der Waals surface area contributed by atoms with Gasteiger partial charge < -0.3 is 11.1 Å². The third kappa shape index (κ3) is 5.72. The molecule has 0 spiro atoms. The summed E-state index contributed by atoms with van der Waals surface area (Å²) in [5, 5.41) is 3.26. The summed E-state index contributed by atoms with van der Waals surface area (Å²) in [7, 11) is 0.0814. The summed E-state index contributed by atoms with van der Waals surface area (Å²) in [4.78, 5) is 29.6. The predicted molar refractivity (Wildman–Crippen MR) is 140 cm³/mol. The highest BCUT2D eigenvalue weighted by molar-refractivity contribution is 7.90. The van der Waals surface area contributed by atoms with Crippen LogP contribution in [0.5, 0.6) is 0 Å². The zero-order valence-electron chi connectivity index (χ0n) is 19.6. The average Bonchev–Trinajstić information content (AvgIpc) is 3.60. The van der Waals surface area contributed by atoms with Crippen LogP contribution in [0.1, 0.15) is 39.9 Å². The molecule has 1 amide bonds. The molecule has 0 aliphatic heterocycles. The summed E-state index contributed by atoms with van der Waals surface area (Å²) in [6, 6.07) is 7.46. The van der Waals surface area contributed by atoms with E-state index >= 15 is 0 Å². The number of anilines is 3. The summed E-state index contributed by atoms with van der Waals surface area (Å²) in [5.41, 5.74) is 6.79. The maximum absolute atomic E-state index is 14.4. The second-order valence-electron chi connectivity index (χ2n) is 8.68. The normalized spacial score (nSPS) is 13.4. The van der Waals surface area contributed by atoms with E-state index in [0.717, 1.165) is 12.8 Å². The first-order valence-electron chi connectivity index (χ1n) is 11.0. The molecule has 3 aromatic rings. The summed E-state index contributed by atoms with van der Waals surface area (Å²) in [6.45, 7) is 1.74. The Hall–Kier alpha value is -3.34. The van der Waals surface area contributed by atoms with Gasteiger partial charge in [-0.3, -0.25) is 18.9 Å². The molecule has 5 N–H and O–H groups in total. The van der Waals surface area contributed by atoms with Gasteiger partial charge in [0.2, 0.25) is 0 Å². The lowest BCUT2D eigenvalue weighted by atomic mass is 10.0. The molecule has 0 saturated heterocycles. The van der Waals surface area contributed by atoms with Gasteiger partial charge in [-0.05, 0) is 55.2 Å². The molecule has 36 heavy (non-hydrogen) atoms. The van der Waals surface area contributed by atoms with Crippen molar-refractivity contribution in [3.8, 4) is 0 Å². The zero-order chi connectivity index (χ0) is 26.2. The van der Waals surface area contributed by atoms with Crippen molar-refractivity contribution in [1.29, 1.82) is 0 Å². The topological polar surface area (TPSA) is 148 Å². The first kappa shape index (κ1) is 25.7. The summed E-state index contributed by atoms with van der Waals surface area (Å²) in [6.07, 6.45) is 3.07. The van der Waals surface area contributed by atoms with Crippen LogP contribution in [-0.4, -0.2) is 29.9 Å². The Balaban J connectivity index is 1.68. The number of benzene rings is 1. The van der Waals surface area contributed by atoms with Crippen LogP contribution in [0.2, 0.25) is 0 Å². The number of carbonyl (C=O) groups is 1. The largest absolute Gasteiger partial charge is 0.365 e. The molecule has 1 aliphatic rings. The van der Waals surface area contributed by atoms with E-state index in [0.29, 0.717) is 16.4 Å². The molecule has 1 saturated carbocycles. The zero-order valence-corrected chi connectivity index (χ0v) is 21.6. The van der Waals surface area contributed by atoms with Crippen molar-refractivity contribution in [2.45, 2.75) is 32.2 Å². The number of amides is 1. The molecule has 0 radical (unpaired) electrons. The van der Waals surface area contributed by atoms with Gasteiger partial charge in [-0.15, -0.1) is 9.24 Å². The quantitative estimate of drug-likeness (QED) is 0.308. The number of nitrogens with one attached hydrogen (secondary N) is 3. The molecule has 4 rings (SSSR count). The minimum Gasteiger partial charge on any atom is -0.365 e. The SMILES string of the molecule is Cc1ccc(Nc2c(C(N)=O)cc(Cc3ccnc(NS(=O)(=O)NC4CC4)c3P)c(=O)n2C)c(F)c1. The second kappa shape index (κ2) is 9.96. The Morgan fingerprint density at radius 3 is 2.61 bits per heavy atom. The van der Waals surface area contributed by atoms with Crippen molar-refractivity contribution in [3.63, 3.8) is 0 Å². The second-order valence-corrected chi connectivity index (χ2v) is 10.7. The van der Waals surface area contributed by atoms with Gasteiger partial charge in [0.1, 0.15) is 17.5 Å². The van der Waals surface area contributed by atoms with Crippen molar-refractivity contribution in [3.05, 3.63) is 75.0 Å². The molecule has 1 fully saturated rings. The number of halogens is 1. The minimum absolute atomic E-state index is 0.000923. The number of nitrogens with two attached hydrogens (primary N) is 1. The Labute approximate surface area is 209 Å². The van der Waals surface area contributed by atoms with Crippen LogP contribution < -0.4 is 31.4 Å². The number of carbonyl (C=O) groups excluding carboxylic acids is 1. The van der Waals surface area contributed by atoms with Gasteiger partial charge >= 0.3 is 10.2 Å². The molecular weight excluding hydrogens is 506 g/mol. The van der Waals surface area contributed by atoms with E-state index < -0.39 is 27.5 Å². The van der Waals surface area contributed by atoms with Gasteiger partial charge in [-0.1, -0.05) is 6.07 Å². The molecular formula is C23H26FN6O4PS. The molecule has 1 atom stereocenters. The van der Waals surface area contributed by atoms with Crippen molar-refractivity contribution in [1.82, 2.24) is 14.3 Å². The molecule has 1 aromatic carbocycles. The lowest BCUT2D eigenvalue weighted by Crippen LogP contribution is -2.33. The molecule has 10 nitrogen and oxygen atoms in total. The fourth-order valence-electron chi connectivity index (χ4n) is 3.65. The Kier molecular flexibility index (Phi) is 7.12.